The summed E-state index contributed by atoms with van der Waals surface area (Å²) in [6, 6.07) is 18.7. The molecule has 8 heteroatoms. The number of nitrogens with zero attached hydrogens (tertiary/aromatic N) is 6. The number of methoxy groups -OCH3 is 1. The van der Waals surface area contributed by atoms with Crippen LogP contribution in [0.1, 0.15) is 29.9 Å². The summed E-state index contributed by atoms with van der Waals surface area (Å²) in [5, 5.41) is 12.8. The lowest BCUT2D eigenvalue weighted by molar-refractivity contribution is -0.00000643. The molecule has 0 radical (unpaired) electrons. The Morgan fingerprint density at radius 2 is 1.67 bits per heavy atom. The third kappa shape index (κ3) is 4.98. The fourth-order valence-electron chi connectivity index (χ4n) is 3.92. The highest BCUT2D eigenvalue weighted by atomic mass is 35.5. The van der Waals surface area contributed by atoms with Crippen LogP contribution in [0.25, 0.3) is 0 Å². The second kappa shape index (κ2) is 10.5. The molecule has 1 aliphatic heterocycles. The van der Waals surface area contributed by atoms with E-state index >= 15 is 0 Å². The van der Waals surface area contributed by atoms with Crippen LogP contribution in [0.15, 0.2) is 54.6 Å². The SMILES string of the molecule is CCN1CCN(C(c2ccccc2)c2nnnn2Cc2ccc(OC)cc2)CC1.[Cl-]. The molecule has 1 aromatic heterocycles. The van der Waals surface area contributed by atoms with Gasteiger partial charge < -0.3 is 22.0 Å². The molecule has 1 unspecified atom stereocenters. The molecule has 0 saturated carbocycles. The van der Waals surface area contributed by atoms with Gasteiger partial charge in [-0.2, -0.15) is 0 Å². The first-order valence-electron chi connectivity index (χ1n) is 10.2. The lowest BCUT2D eigenvalue weighted by Gasteiger charge is -2.38. The highest BCUT2D eigenvalue weighted by Gasteiger charge is 2.30. The van der Waals surface area contributed by atoms with E-state index in [0.29, 0.717) is 6.54 Å². The number of ether oxygens (including phenoxy) is 1. The monoisotopic (exact) mass is 427 g/mol. The van der Waals surface area contributed by atoms with Gasteiger partial charge in [0.1, 0.15) is 5.75 Å². The largest absolute Gasteiger partial charge is 1.00 e. The number of rotatable bonds is 7. The van der Waals surface area contributed by atoms with E-state index in [2.05, 4.69) is 74.7 Å². The Hall–Kier alpha value is -2.48. The Morgan fingerprint density at radius 1 is 0.967 bits per heavy atom. The number of benzene rings is 2. The highest BCUT2D eigenvalue weighted by Crippen LogP contribution is 2.28. The lowest BCUT2D eigenvalue weighted by atomic mass is 10.0. The van der Waals surface area contributed by atoms with Gasteiger partial charge in [0.15, 0.2) is 5.82 Å². The van der Waals surface area contributed by atoms with Gasteiger partial charge >= 0.3 is 0 Å². The molecule has 1 saturated heterocycles. The summed E-state index contributed by atoms with van der Waals surface area (Å²) in [5.41, 5.74) is 2.37. The van der Waals surface area contributed by atoms with Crippen molar-refractivity contribution >= 4 is 0 Å². The maximum atomic E-state index is 5.26. The van der Waals surface area contributed by atoms with Gasteiger partial charge in [-0.05, 0) is 40.2 Å². The van der Waals surface area contributed by atoms with Crippen LogP contribution in [0, 0.1) is 0 Å². The summed E-state index contributed by atoms with van der Waals surface area (Å²) in [5.74, 6) is 1.73. The van der Waals surface area contributed by atoms with E-state index < -0.39 is 0 Å². The summed E-state index contributed by atoms with van der Waals surface area (Å²) < 4.78 is 7.19. The minimum Gasteiger partial charge on any atom is -1.00 e. The van der Waals surface area contributed by atoms with E-state index in [1.165, 1.54) is 5.56 Å². The van der Waals surface area contributed by atoms with Gasteiger partial charge in [-0.3, -0.25) is 4.90 Å². The van der Waals surface area contributed by atoms with E-state index in [1.807, 2.05) is 16.8 Å². The Bertz CT molecular complexity index is 894. The van der Waals surface area contributed by atoms with Crippen molar-refractivity contribution < 1.29 is 17.1 Å². The van der Waals surface area contributed by atoms with Gasteiger partial charge in [-0.25, -0.2) is 4.68 Å². The van der Waals surface area contributed by atoms with E-state index in [9.17, 15) is 0 Å². The molecule has 0 N–H and O–H groups in total. The van der Waals surface area contributed by atoms with Crippen LogP contribution < -0.4 is 17.1 Å². The van der Waals surface area contributed by atoms with Gasteiger partial charge in [0, 0.05) is 26.2 Å². The molecular formula is C22H28ClN6O-. The standard InChI is InChI=1S/C22H28N6O.ClH/c1-3-26-13-15-27(16-14-26)21(19-7-5-4-6-8-19)22-23-24-25-28(22)17-18-9-11-20(29-2)12-10-18;/h4-12,21H,3,13-17H2,1-2H3;1H/p-1. The number of hydrogen-bond acceptors (Lipinski definition) is 6. The van der Waals surface area contributed by atoms with Gasteiger partial charge in [-0.15, -0.1) is 5.10 Å². The van der Waals surface area contributed by atoms with Crippen molar-refractivity contribution in [3.63, 3.8) is 0 Å². The highest BCUT2D eigenvalue weighted by molar-refractivity contribution is 5.28. The fraction of sp³-hybridized carbons (Fsp3) is 0.409. The molecule has 1 atom stereocenters. The van der Waals surface area contributed by atoms with Crippen LogP contribution in [0.4, 0.5) is 0 Å². The molecule has 1 aliphatic rings. The Kier molecular flexibility index (Phi) is 7.79. The molecule has 2 heterocycles. The second-order valence-corrected chi connectivity index (χ2v) is 7.33. The smallest absolute Gasteiger partial charge is 0.173 e. The van der Waals surface area contributed by atoms with E-state index in [0.717, 1.165) is 49.9 Å². The normalized spacial score (nSPS) is 16.1. The second-order valence-electron chi connectivity index (χ2n) is 7.33. The lowest BCUT2D eigenvalue weighted by Crippen LogP contribution is -3.00. The Balaban J connectivity index is 0.00000256. The molecule has 30 heavy (non-hydrogen) atoms. The average Bonchev–Trinajstić information content (AvgIpc) is 3.23. The first-order valence-corrected chi connectivity index (χ1v) is 10.2. The first-order chi connectivity index (χ1) is 14.3. The van der Waals surface area contributed by atoms with Crippen LogP contribution >= 0.6 is 0 Å². The maximum absolute atomic E-state index is 5.26. The van der Waals surface area contributed by atoms with Crippen molar-refractivity contribution in [2.75, 3.05) is 39.8 Å². The summed E-state index contributed by atoms with van der Waals surface area (Å²) in [6.45, 7) is 8.09. The van der Waals surface area contributed by atoms with Crippen molar-refractivity contribution in [1.82, 2.24) is 30.0 Å². The third-order valence-corrected chi connectivity index (χ3v) is 5.63. The van der Waals surface area contributed by atoms with E-state index in [-0.39, 0.29) is 18.4 Å². The molecule has 0 amide bonds. The molecular weight excluding hydrogens is 400 g/mol. The Labute approximate surface area is 184 Å². The quantitative estimate of drug-likeness (QED) is 0.505. The van der Waals surface area contributed by atoms with Gasteiger partial charge in [0.2, 0.25) is 0 Å². The molecule has 3 aromatic rings. The number of hydrogen-bond donors (Lipinski definition) is 0. The van der Waals surface area contributed by atoms with Crippen LogP contribution in [-0.4, -0.2) is 69.8 Å². The van der Waals surface area contributed by atoms with E-state index in [1.54, 1.807) is 7.11 Å². The number of aromatic nitrogens is 4. The number of halogens is 1. The summed E-state index contributed by atoms with van der Waals surface area (Å²) in [6.07, 6.45) is 0. The minimum absolute atomic E-state index is 0. The number of tetrazole rings is 1. The molecule has 0 bridgehead atoms. The number of piperazine rings is 1. The summed E-state index contributed by atoms with van der Waals surface area (Å²) in [7, 11) is 1.68. The third-order valence-electron chi connectivity index (χ3n) is 5.63. The van der Waals surface area contributed by atoms with Crippen LogP contribution in [0.5, 0.6) is 5.75 Å². The molecule has 0 aliphatic carbocycles. The Morgan fingerprint density at radius 3 is 2.30 bits per heavy atom. The van der Waals surface area contributed by atoms with Gasteiger partial charge in [-0.1, -0.05) is 49.4 Å². The van der Waals surface area contributed by atoms with E-state index in [4.69, 9.17) is 4.74 Å². The summed E-state index contributed by atoms with van der Waals surface area (Å²) >= 11 is 0. The van der Waals surface area contributed by atoms with Crippen molar-refractivity contribution in [2.45, 2.75) is 19.5 Å². The predicted molar refractivity (Wildman–Crippen MR) is 112 cm³/mol. The minimum atomic E-state index is 0. The van der Waals surface area contributed by atoms with Gasteiger partial charge in [0.05, 0.1) is 19.7 Å². The van der Waals surface area contributed by atoms with Crippen molar-refractivity contribution in [3.8, 4) is 5.75 Å². The van der Waals surface area contributed by atoms with Gasteiger partial charge in [0.25, 0.3) is 0 Å². The maximum Gasteiger partial charge on any atom is 0.173 e. The van der Waals surface area contributed by atoms with Crippen LogP contribution in [0.3, 0.4) is 0 Å². The van der Waals surface area contributed by atoms with Crippen molar-refractivity contribution in [2.24, 2.45) is 0 Å². The molecule has 7 nitrogen and oxygen atoms in total. The zero-order valence-electron chi connectivity index (χ0n) is 17.5. The molecule has 2 aromatic carbocycles. The zero-order valence-corrected chi connectivity index (χ0v) is 18.2. The predicted octanol–water partition coefficient (Wildman–Crippen LogP) is -0.539. The topological polar surface area (TPSA) is 59.3 Å². The van der Waals surface area contributed by atoms with Crippen molar-refractivity contribution in [1.29, 1.82) is 0 Å². The van der Waals surface area contributed by atoms with Crippen molar-refractivity contribution in [3.05, 3.63) is 71.5 Å². The molecule has 1 fully saturated rings. The average molecular weight is 428 g/mol. The molecule has 4 rings (SSSR count). The first kappa shape index (κ1) is 22.2. The zero-order chi connectivity index (χ0) is 20.1. The number of likely N-dealkylation sites (N-methyl/N-ethyl adjacent to an activating group) is 1. The van der Waals surface area contributed by atoms with Crippen LogP contribution in [-0.2, 0) is 6.54 Å². The van der Waals surface area contributed by atoms with Crippen LogP contribution in [0.2, 0.25) is 0 Å². The fourth-order valence-corrected chi connectivity index (χ4v) is 3.92. The summed E-state index contributed by atoms with van der Waals surface area (Å²) in [4.78, 5) is 4.98. The molecule has 160 valence electrons. The molecule has 0 spiro atoms.